The maximum absolute atomic E-state index is 12.2. The Balaban J connectivity index is 1.71. The fraction of sp³-hybridized carbons (Fsp3) is 0.652. The summed E-state index contributed by atoms with van der Waals surface area (Å²) in [5.74, 6) is 1.15. The molecule has 1 fully saturated rings. The van der Waals surface area contributed by atoms with Gasteiger partial charge in [-0.2, -0.15) is 0 Å². The fourth-order valence-corrected chi connectivity index (χ4v) is 3.91. The van der Waals surface area contributed by atoms with Crippen LogP contribution in [-0.2, 0) is 6.42 Å². The molecule has 1 aromatic carbocycles. The van der Waals surface area contributed by atoms with E-state index in [9.17, 15) is 8.78 Å². The third-order valence-electron chi connectivity index (χ3n) is 5.51. The summed E-state index contributed by atoms with van der Waals surface area (Å²) >= 11 is 0. The molecule has 0 aliphatic heterocycles. The Morgan fingerprint density at radius 3 is 2.28 bits per heavy atom. The number of unbranched alkanes of at least 4 members (excludes halogenated alkanes) is 4. The minimum absolute atomic E-state index is 0.0974. The third kappa shape index (κ3) is 7.71. The van der Waals surface area contributed by atoms with E-state index in [4.69, 9.17) is 0 Å². The molecular formula is C23H34F2. The first-order valence-electron chi connectivity index (χ1n) is 10.2. The molecule has 0 heterocycles. The molecule has 2 rings (SSSR count). The predicted molar refractivity (Wildman–Crippen MR) is 103 cm³/mol. The molecule has 1 aliphatic rings. The van der Waals surface area contributed by atoms with Gasteiger partial charge in [0, 0.05) is 6.42 Å². The van der Waals surface area contributed by atoms with Crippen molar-refractivity contribution in [1.82, 2.24) is 0 Å². The van der Waals surface area contributed by atoms with Crippen LogP contribution in [0, 0.1) is 5.92 Å². The molecule has 140 valence electrons. The molecule has 0 amide bonds. The van der Waals surface area contributed by atoms with E-state index in [1.807, 2.05) is 6.08 Å². The first kappa shape index (κ1) is 20.1. The molecule has 0 bridgehead atoms. The Kier molecular flexibility index (Phi) is 9.21. The van der Waals surface area contributed by atoms with Gasteiger partial charge < -0.3 is 0 Å². The summed E-state index contributed by atoms with van der Waals surface area (Å²) in [6.07, 6.45) is 13.9. The van der Waals surface area contributed by atoms with E-state index in [1.54, 1.807) is 6.08 Å². The van der Waals surface area contributed by atoms with Crippen LogP contribution in [0.3, 0.4) is 0 Å². The molecule has 25 heavy (non-hydrogen) atoms. The van der Waals surface area contributed by atoms with Crippen molar-refractivity contribution in [1.29, 1.82) is 0 Å². The summed E-state index contributed by atoms with van der Waals surface area (Å²) < 4.78 is 24.4. The van der Waals surface area contributed by atoms with Gasteiger partial charge in [-0.3, -0.25) is 0 Å². The van der Waals surface area contributed by atoms with Gasteiger partial charge in [0.2, 0.25) is 6.43 Å². The quantitative estimate of drug-likeness (QED) is 0.300. The van der Waals surface area contributed by atoms with E-state index < -0.39 is 6.43 Å². The smallest absolute Gasteiger partial charge is 0.210 e. The van der Waals surface area contributed by atoms with Gasteiger partial charge in [-0.15, -0.1) is 0 Å². The highest BCUT2D eigenvalue weighted by Crippen LogP contribution is 2.36. The number of benzene rings is 1. The summed E-state index contributed by atoms with van der Waals surface area (Å²) in [5.41, 5.74) is 2.92. The van der Waals surface area contributed by atoms with E-state index >= 15 is 0 Å². The second-order valence-corrected chi connectivity index (χ2v) is 7.57. The van der Waals surface area contributed by atoms with Crippen molar-refractivity contribution < 1.29 is 8.78 Å². The van der Waals surface area contributed by atoms with Crippen molar-refractivity contribution in [3.8, 4) is 0 Å². The lowest BCUT2D eigenvalue weighted by molar-refractivity contribution is 0.152. The van der Waals surface area contributed by atoms with Crippen LogP contribution in [0.1, 0.15) is 88.2 Å². The zero-order chi connectivity index (χ0) is 17.9. The SMILES string of the molecule is CCCCCCCc1ccc(C2CCC(C=CCC(F)F)CC2)cc1. The van der Waals surface area contributed by atoms with Gasteiger partial charge in [0.05, 0.1) is 0 Å². The number of allylic oxidation sites excluding steroid dienone is 2. The van der Waals surface area contributed by atoms with Crippen LogP contribution in [0.25, 0.3) is 0 Å². The highest BCUT2D eigenvalue weighted by atomic mass is 19.3. The van der Waals surface area contributed by atoms with Crippen LogP contribution in [0.2, 0.25) is 0 Å². The van der Waals surface area contributed by atoms with Gasteiger partial charge in [0.25, 0.3) is 0 Å². The Labute approximate surface area is 152 Å². The van der Waals surface area contributed by atoms with E-state index in [0.29, 0.717) is 11.8 Å². The van der Waals surface area contributed by atoms with Crippen LogP contribution < -0.4 is 0 Å². The number of halogens is 2. The summed E-state index contributed by atoms with van der Waals surface area (Å²) in [6.45, 7) is 2.26. The van der Waals surface area contributed by atoms with Crippen molar-refractivity contribution in [3.63, 3.8) is 0 Å². The molecule has 2 heteroatoms. The minimum Gasteiger partial charge on any atom is -0.210 e. The normalized spacial score (nSPS) is 21.3. The van der Waals surface area contributed by atoms with Crippen LogP contribution in [-0.4, -0.2) is 6.43 Å². The summed E-state index contributed by atoms with van der Waals surface area (Å²) in [4.78, 5) is 0. The lowest BCUT2D eigenvalue weighted by atomic mass is 9.78. The highest BCUT2D eigenvalue weighted by Gasteiger charge is 2.20. The molecule has 0 unspecified atom stereocenters. The fourth-order valence-electron chi connectivity index (χ4n) is 3.91. The monoisotopic (exact) mass is 348 g/mol. The molecule has 0 spiro atoms. The van der Waals surface area contributed by atoms with Crippen molar-refractivity contribution in [3.05, 3.63) is 47.5 Å². The van der Waals surface area contributed by atoms with E-state index in [0.717, 1.165) is 12.8 Å². The second-order valence-electron chi connectivity index (χ2n) is 7.57. The first-order valence-corrected chi connectivity index (χ1v) is 10.2. The summed E-state index contributed by atoms with van der Waals surface area (Å²) in [7, 11) is 0. The van der Waals surface area contributed by atoms with Crippen molar-refractivity contribution >= 4 is 0 Å². The zero-order valence-electron chi connectivity index (χ0n) is 15.7. The number of hydrogen-bond acceptors (Lipinski definition) is 0. The maximum Gasteiger partial charge on any atom is 0.242 e. The van der Waals surface area contributed by atoms with Crippen LogP contribution in [0.15, 0.2) is 36.4 Å². The van der Waals surface area contributed by atoms with E-state index in [2.05, 4.69) is 31.2 Å². The number of aryl methyl sites for hydroxylation is 1. The van der Waals surface area contributed by atoms with Crippen LogP contribution in [0.4, 0.5) is 8.78 Å². The molecule has 0 atom stereocenters. The Hall–Kier alpha value is -1.18. The van der Waals surface area contributed by atoms with Crippen LogP contribution in [0.5, 0.6) is 0 Å². The van der Waals surface area contributed by atoms with Gasteiger partial charge >= 0.3 is 0 Å². The summed E-state index contributed by atoms with van der Waals surface area (Å²) in [5, 5.41) is 0. The zero-order valence-corrected chi connectivity index (χ0v) is 15.7. The molecular weight excluding hydrogens is 314 g/mol. The molecule has 1 aliphatic carbocycles. The van der Waals surface area contributed by atoms with E-state index in [1.165, 1.54) is 62.5 Å². The van der Waals surface area contributed by atoms with Crippen molar-refractivity contribution in [2.24, 2.45) is 5.92 Å². The average Bonchev–Trinajstić information content (AvgIpc) is 2.62. The van der Waals surface area contributed by atoms with Gasteiger partial charge in [-0.1, -0.05) is 69.0 Å². The Bertz CT molecular complexity index is 481. The van der Waals surface area contributed by atoms with Crippen LogP contribution >= 0.6 is 0 Å². The molecule has 0 radical (unpaired) electrons. The predicted octanol–water partition coefficient (Wildman–Crippen LogP) is 7.68. The Morgan fingerprint density at radius 1 is 0.960 bits per heavy atom. The standard InChI is InChI=1S/C23H34F2/c1-2-3-4-5-6-8-19-11-15-21(16-12-19)22-17-13-20(14-18-22)9-7-10-23(24)25/h7,9,11-12,15-16,20,22-23H,2-6,8,10,13-14,17-18H2,1H3. The average molecular weight is 349 g/mol. The molecule has 1 saturated carbocycles. The number of rotatable bonds is 10. The number of hydrogen-bond donors (Lipinski definition) is 0. The van der Waals surface area contributed by atoms with Gasteiger partial charge in [-0.05, 0) is 61.5 Å². The molecule has 0 saturated heterocycles. The highest BCUT2D eigenvalue weighted by molar-refractivity contribution is 5.26. The van der Waals surface area contributed by atoms with Gasteiger partial charge in [0.1, 0.15) is 0 Å². The van der Waals surface area contributed by atoms with Crippen molar-refractivity contribution in [2.75, 3.05) is 0 Å². The second kappa shape index (κ2) is 11.4. The third-order valence-corrected chi connectivity index (χ3v) is 5.51. The Morgan fingerprint density at radius 2 is 1.64 bits per heavy atom. The first-order chi connectivity index (χ1) is 12.2. The molecule has 1 aromatic rings. The maximum atomic E-state index is 12.2. The topological polar surface area (TPSA) is 0 Å². The molecule has 0 N–H and O–H groups in total. The van der Waals surface area contributed by atoms with E-state index in [-0.39, 0.29) is 6.42 Å². The summed E-state index contributed by atoms with van der Waals surface area (Å²) in [6, 6.07) is 9.26. The van der Waals surface area contributed by atoms with Crippen molar-refractivity contribution in [2.45, 2.75) is 89.9 Å². The lowest BCUT2D eigenvalue weighted by Gasteiger charge is -2.27. The van der Waals surface area contributed by atoms with Gasteiger partial charge in [-0.25, -0.2) is 8.78 Å². The minimum atomic E-state index is -2.21. The number of alkyl halides is 2. The van der Waals surface area contributed by atoms with Gasteiger partial charge in [0.15, 0.2) is 0 Å². The largest absolute Gasteiger partial charge is 0.242 e. The molecule has 0 aromatic heterocycles. The molecule has 0 nitrogen and oxygen atoms in total. The lowest BCUT2D eigenvalue weighted by Crippen LogP contribution is -2.11.